The van der Waals surface area contributed by atoms with E-state index in [2.05, 4.69) is 39.8 Å². The fourth-order valence-corrected chi connectivity index (χ4v) is 2.29. The van der Waals surface area contributed by atoms with Crippen molar-refractivity contribution in [3.63, 3.8) is 0 Å². The first-order valence-electron chi connectivity index (χ1n) is 8.90. The molecule has 1 aromatic rings. The average molecular weight is 333 g/mol. The van der Waals surface area contributed by atoms with Gasteiger partial charge in [-0.25, -0.2) is 4.99 Å². The fourth-order valence-electron chi connectivity index (χ4n) is 2.29. The first-order valence-corrected chi connectivity index (χ1v) is 8.90. The van der Waals surface area contributed by atoms with Crippen molar-refractivity contribution in [1.82, 2.24) is 15.6 Å². The lowest BCUT2D eigenvalue weighted by Gasteiger charge is -2.17. The van der Waals surface area contributed by atoms with Gasteiger partial charge in [0.2, 0.25) is 5.91 Å². The molecule has 1 rings (SSSR count). The highest BCUT2D eigenvalue weighted by atomic mass is 16.1. The summed E-state index contributed by atoms with van der Waals surface area (Å²) in [5, 5.41) is 9.32. The second-order valence-electron chi connectivity index (χ2n) is 5.88. The summed E-state index contributed by atoms with van der Waals surface area (Å²) in [6.07, 6.45) is 9.40. The van der Waals surface area contributed by atoms with E-state index in [9.17, 15) is 4.79 Å². The third-order valence-corrected chi connectivity index (χ3v) is 3.54. The highest BCUT2D eigenvalue weighted by Gasteiger charge is 2.06. The fraction of sp³-hybridized carbons (Fsp3) is 0.611. The maximum absolute atomic E-state index is 11.9. The Labute approximate surface area is 145 Å². The Kier molecular flexibility index (Phi) is 10.2. The number of nitrogens with zero attached hydrogens (tertiary/aromatic N) is 2. The number of carbonyl (C=O) groups excluding carboxylic acids is 1. The van der Waals surface area contributed by atoms with Crippen molar-refractivity contribution in [1.29, 1.82) is 0 Å². The van der Waals surface area contributed by atoms with Crippen molar-refractivity contribution in [3.05, 3.63) is 24.5 Å². The van der Waals surface area contributed by atoms with E-state index in [1.54, 1.807) is 24.5 Å². The number of rotatable bonds is 10. The number of aliphatic imine (C=N–C) groups is 1. The molecule has 6 nitrogen and oxygen atoms in total. The van der Waals surface area contributed by atoms with Gasteiger partial charge in [-0.3, -0.25) is 9.78 Å². The van der Waals surface area contributed by atoms with Crippen LogP contribution in [0.1, 0.15) is 52.9 Å². The number of nitrogens with one attached hydrogen (secondary N) is 3. The Morgan fingerprint density at radius 2 is 2.12 bits per heavy atom. The number of carbonyl (C=O) groups is 1. The molecular weight excluding hydrogens is 302 g/mol. The van der Waals surface area contributed by atoms with Gasteiger partial charge in [0.05, 0.1) is 11.9 Å². The number of anilines is 1. The molecule has 6 heteroatoms. The monoisotopic (exact) mass is 333 g/mol. The highest BCUT2D eigenvalue weighted by molar-refractivity contribution is 5.93. The quantitative estimate of drug-likeness (QED) is 0.349. The lowest BCUT2D eigenvalue weighted by Crippen LogP contribution is -2.42. The minimum atomic E-state index is -0.157. The van der Waals surface area contributed by atoms with Crippen LogP contribution < -0.4 is 16.0 Å². The molecule has 0 aliphatic heterocycles. The Bertz CT molecular complexity index is 489. The molecule has 0 fully saturated rings. The average Bonchev–Trinajstić information content (AvgIpc) is 2.58. The zero-order chi connectivity index (χ0) is 17.6. The van der Waals surface area contributed by atoms with Crippen LogP contribution in [0.4, 0.5) is 5.69 Å². The van der Waals surface area contributed by atoms with Crippen molar-refractivity contribution in [2.24, 2.45) is 4.99 Å². The summed E-state index contributed by atoms with van der Waals surface area (Å²) in [5.41, 5.74) is 0.681. The van der Waals surface area contributed by atoms with Gasteiger partial charge in [0.1, 0.15) is 6.54 Å². The Morgan fingerprint density at radius 1 is 1.29 bits per heavy atom. The third-order valence-electron chi connectivity index (χ3n) is 3.54. The normalized spacial score (nSPS) is 12.5. The lowest BCUT2D eigenvalue weighted by atomic mass is 10.1. The van der Waals surface area contributed by atoms with Crippen molar-refractivity contribution in [2.75, 3.05) is 18.4 Å². The van der Waals surface area contributed by atoms with Crippen LogP contribution in [0.2, 0.25) is 0 Å². The van der Waals surface area contributed by atoms with Crippen molar-refractivity contribution < 1.29 is 4.79 Å². The maximum Gasteiger partial charge on any atom is 0.246 e. The standard InChI is InChI=1S/C18H31N5O/c1-4-6-7-8-10-15(3)22-18(20-5-2)21-14-17(24)23-16-11-9-12-19-13-16/h9,11-13,15H,4-8,10,14H2,1-3H3,(H,23,24)(H2,20,21,22). The molecule has 134 valence electrons. The predicted octanol–water partition coefficient (Wildman–Crippen LogP) is 2.93. The first-order chi connectivity index (χ1) is 11.7. The van der Waals surface area contributed by atoms with E-state index >= 15 is 0 Å². The van der Waals surface area contributed by atoms with Crippen LogP contribution in [0.3, 0.4) is 0 Å². The molecule has 0 spiro atoms. The molecule has 1 heterocycles. The van der Waals surface area contributed by atoms with Crippen molar-refractivity contribution >= 4 is 17.6 Å². The largest absolute Gasteiger partial charge is 0.357 e. The van der Waals surface area contributed by atoms with Gasteiger partial charge < -0.3 is 16.0 Å². The Morgan fingerprint density at radius 3 is 2.79 bits per heavy atom. The summed E-state index contributed by atoms with van der Waals surface area (Å²) in [6.45, 7) is 7.22. The number of unbranched alkanes of at least 4 members (excludes halogenated alkanes) is 3. The van der Waals surface area contributed by atoms with E-state index in [4.69, 9.17) is 0 Å². The predicted molar refractivity (Wildman–Crippen MR) is 100 cm³/mol. The van der Waals surface area contributed by atoms with Gasteiger partial charge in [-0.2, -0.15) is 0 Å². The van der Waals surface area contributed by atoms with Crippen LogP contribution >= 0.6 is 0 Å². The van der Waals surface area contributed by atoms with E-state index in [1.165, 1.54) is 25.7 Å². The summed E-state index contributed by atoms with van der Waals surface area (Å²) in [5.74, 6) is 0.526. The molecule has 0 aliphatic rings. The first kappa shape index (κ1) is 19.9. The summed E-state index contributed by atoms with van der Waals surface area (Å²) in [6, 6.07) is 3.92. The molecule has 0 aliphatic carbocycles. The molecule has 24 heavy (non-hydrogen) atoms. The number of aromatic nitrogens is 1. The van der Waals surface area contributed by atoms with E-state index in [-0.39, 0.29) is 12.5 Å². The lowest BCUT2D eigenvalue weighted by molar-refractivity contribution is -0.114. The smallest absolute Gasteiger partial charge is 0.246 e. The van der Waals surface area contributed by atoms with Crippen LogP contribution in [0.5, 0.6) is 0 Å². The summed E-state index contributed by atoms with van der Waals surface area (Å²) < 4.78 is 0. The second-order valence-corrected chi connectivity index (χ2v) is 5.88. The van der Waals surface area contributed by atoms with Gasteiger partial charge in [0, 0.05) is 18.8 Å². The number of guanidine groups is 1. The van der Waals surface area contributed by atoms with Crippen LogP contribution in [-0.2, 0) is 4.79 Å². The summed E-state index contributed by atoms with van der Waals surface area (Å²) in [4.78, 5) is 20.3. The van der Waals surface area contributed by atoms with Gasteiger partial charge in [-0.1, -0.05) is 32.6 Å². The van der Waals surface area contributed by atoms with E-state index < -0.39 is 0 Å². The zero-order valence-corrected chi connectivity index (χ0v) is 15.1. The minimum Gasteiger partial charge on any atom is -0.357 e. The second kappa shape index (κ2) is 12.3. The SMILES string of the molecule is CCCCCCC(C)NC(=NCC(=O)Nc1cccnc1)NCC. The number of hydrogen-bond acceptors (Lipinski definition) is 3. The molecule has 3 N–H and O–H groups in total. The molecule has 0 bridgehead atoms. The molecule has 1 amide bonds. The Balaban J connectivity index is 2.41. The van der Waals surface area contributed by atoms with Gasteiger partial charge in [0.15, 0.2) is 5.96 Å². The van der Waals surface area contributed by atoms with Gasteiger partial charge >= 0.3 is 0 Å². The van der Waals surface area contributed by atoms with Gasteiger partial charge in [-0.15, -0.1) is 0 Å². The number of pyridine rings is 1. The van der Waals surface area contributed by atoms with Gasteiger partial charge in [-0.05, 0) is 32.4 Å². The molecule has 0 saturated carbocycles. The topological polar surface area (TPSA) is 78.4 Å². The van der Waals surface area contributed by atoms with E-state index in [0.717, 1.165) is 13.0 Å². The van der Waals surface area contributed by atoms with Crippen molar-refractivity contribution in [3.8, 4) is 0 Å². The van der Waals surface area contributed by atoms with Crippen LogP contribution in [0.25, 0.3) is 0 Å². The molecule has 0 saturated heterocycles. The molecule has 1 aromatic heterocycles. The summed E-state index contributed by atoms with van der Waals surface area (Å²) in [7, 11) is 0. The third kappa shape index (κ3) is 9.12. The number of hydrogen-bond donors (Lipinski definition) is 3. The minimum absolute atomic E-state index is 0.0762. The highest BCUT2D eigenvalue weighted by Crippen LogP contribution is 2.05. The molecule has 0 aromatic carbocycles. The Hall–Kier alpha value is -2.11. The number of amides is 1. The zero-order valence-electron chi connectivity index (χ0n) is 15.1. The maximum atomic E-state index is 11.9. The van der Waals surface area contributed by atoms with E-state index in [1.807, 2.05) is 6.92 Å². The molecule has 0 radical (unpaired) electrons. The molecule has 1 unspecified atom stereocenters. The van der Waals surface area contributed by atoms with Crippen LogP contribution in [0.15, 0.2) is 29.5 Å². The molecule has 1 atom stereocenters. The van der Waals surface area contributed by atoms with Crippen LogP contribution in [-0.4, -0.2) is 36.0 Å². The van der Waals surface area contributed by atoms with Crippen molar-refractivity contribution in [2.45, 2.75) is 58.9 Å². The molecular formula is C18H31N5O. The van der Waals surface area contributed by atoms with Gasteiger partial charge in [0.25, 0.3) is 0 Å². The summed E-state index contributed by atoms with van der Waals surface area (Å²) >= 11 is 0. The van der Waals surface area contributed by atoms with Crippen LogP contribution in [0, 0.1) is 0 Å². The van der Waals surface area contributed by atoms with E-state index in [0.29, 0.717) is 17.7 Å².